The van der Waals surface area contributed by atoms with Gasteiger partial charge in [-0.3, -0.25) is 14.4 Å². The molecule has 2 amide bonds. The van der Waals surface area contributed by atoms with Crippen LogP contribution >= 0.6 is 0 Å². The minimum atomic E-state index is -0.973. The average molecular weight is 492 g/mol. The van der Waals surface area contributed by atoms with E-state index in [1.165, 1.54) is 4.90 Å². The van der Waals surface area contributed by atoms with Gasteiger partial charge in [0, 0.05) is 44.0 Å². The number of carbonyl (C=O) groups is 2. The van der Waals surface area contributed by atoms with Crippen molar-refractivity contribution >= 4 is 28.7 Å². The summed E-state index contributed by atoms with van der Waals surface area (Å²) in [5.41, 5.74) is 3.13. The Labute approximate surface area is 207 Å². The maximum atomic E-state index is 13.0. The number of hydrogen-bond acceptors (Lipinski definition) is 6. The molecule has 0 bridgehead atoms. The zero-order valence-electron chi connectivity index (χ0n) is 20.5. The van der Waals surface area contributed by atoms with Crippen LogP contribution in [0.15, 0.2) is 30.6 Å². The van der Waals surface area contributed by atoms with Crippen molar-refractivity contribution in [3.05, 3.63) is 53.6 Å². The molecule has 0 unspecified atom stereocenters. The highest BCUT2D eigenvalue weighted by Crippen LogP contribution is 2.36. The number of aromatic nitrogens is 7. The monoisotopic (exact) mass is 491 g/mol. The summed E-state index contributed by atoms with van der Waals surface area (Å²) < 4.78 is 5.58. The predicted octanol–water partition coefficient (Wildman–Crippen LogP) is 2.05. The number of imidazole rings is 1. The van der Waals surface area contributed by atoms with E-state index >= 15 is 0 Å². The van der Waals surface area contributed by atoms with E-state index < -0.39 is 6.09 Å². The molecule has 1 aliphatic heterocycles. The highest BCUT2D eigenvalue weighted by atomic mass is 16.4. The standard InChI is InChI=1S/C24H29N9O3/c1-15-5-6-17-18(33(15)24(35)36)7-8-19-23(17)27-20(9-12-31-11-4-10-26-31)32(19)14-22(34)25-13-21-29-28-16(2)30(21)3/h4,7-8,10-11,15H,5-6,9,12-14H2,1-3H3,(H,25,34)(H,35,36)/t15-/m0/s1. The van der Waals surface area contributed by atoms with Crippen molar-refractivity contribution in [3.63, 3.8) is 0 Å². The zero-order valence-corrected chi connectivity index (χ0v) is 20.5. The molecule has 12 nitrogen and oxygen atoms in total. The average Bonchev–Trinajstić information content (AvgIpc) is 3.57. The lowest BCUT2D eigenvalue weighted by Crippen LogP contribution is -2.41. The summed E-state index contributed by atoms with van der Waals surface area (Å²) in [5.74, 6) is 2.02. The van der Waals surface area contributed by atoms with E-state index in [1.807, 2.05) is 59.1 Å². The maximum Gasteiger partial charge on any atom is 0.412 e. The number of hydrogen-bond donors (Lipinski definition) is 2. The van der Waals surface area contributed by atoms with Crippen LogP contribution in [-0.2, 0) is 44.3 Å². The molecule has 1 aromatic carbocycles. The number of amides is 2. The molecule has 0 saturated heterocycles. The van der Waals surface area contributed by atoms with Gasteiger partial charge in [0.15, 0.2) is 5.82 Å². The number of rotatable bonds is 7. The van der Waals surface area contributed by atoms with Crippen LogP contribution in [0.5, 0.6) is 0 Å². The quantitative estimate of drug-likeness (QED) is 0.404. The van der Waals surface area contributed by atoms with Crippen LogP contribution in [0.4, 0.5) is 10.5 Å². The van der Waals surface area contributed by atoms with Crippen LogP contribution in [0, 0.1) is 6.92 Å². The lowest BCUT2D eigenvalue weighted by molar-refractivity contribution is -0.121. The molecule has 188 valence electrons. The summed E-state index contributed by atoms with van der Waals surface area (Å²) in [5, 5.41) is 25.1. The van der Waals surface area contributed by atoms with Gasteiger partial charge in [0.05, 0.1) is 23.3 Å². The van der Waals surface area contributed by atoms with Crippen molar-refractivity contribution in [2.45, 2.75) is 58.8 Å². The predicted molar refractivity (Wildman–Crippen MR) is 132 cm³/mol. The van der Waals surface area contributed by atoms with E-state index in [4.69, 9.17) is 4.98 Å². The summed E-state index contributed by atoms with van der Waals surface area (Å²) in [6, 6.07) is 5.45. The number of nitrogens with one attached hydrogen (secondary N) is 1. The second kappa shape index (κ2) is 9.44. The molecule has 4 heterocycles. The van der Waals surface area contributed by atoms with Crippen molar-refractivity contribution in [3.8, 4) is 0 Å². The van der Waals surface area contributed by atoms with Gasteiger partial charge in [0.1, 0.15) is 18.2 Å². The minimum absolute atomic E-state index is 0.0829. The van der Waals surface area contributed by atoms with Gasteiger partial charge in [-0.25, -0.2) is 9.78 Å². The van der Waals surface area contributed by atoms with Crippen LogP contribution in [-0.4, -0.2) is 57.2 Å². The minimum Gasteiger partial charge on any atom is -0.465 e. The van der Waals surface area contributed by atoms with Gasteiger partial charge in [-0.15, -0.1) is 10.2 Å². The van der Waals surface area contributed by atoms with Crippen LogP contribution in [0.3, 0.4) is 0 Å². The Hall–Kier alpha value is -4.22. The first-order valence-corrected chi connectivity index (χ1v) is 12.0. The fourth-order valence-corrected chi connectivity index (χ4v) is 4.76. The largest absolute Gasteiger partial charge is 0.465 e. The van der Waals surface area contributed by atoms with Gasteiger partial charge in [-0.2, -0.15) is 5.10 Å². The highest BCUT2D eigenvalue weighted by molar-refractivity contribution is 5.95. The number of benzene rings is 1. The first-order chi connectivity index (χ1) is 17.3. The first kappa shape index (κ1) is 23.5. The Morgan fingerprint density at radius 2 is 2.06 bits per heavy atom. The SMILES string of the molecule is Cc1nnc(CNC(=O)Cn2c(CCn3cccn3)nc3c4c(ccc32)N(C(=O)O)[C@@H](C)CC4)n1C. The molecular weight excluding hydrogens is 462 g/mol. The third-order valence-electron chi connectivity index (χ3n) is 6.85. The topological polar surface area (TPSA) is 136 Å². The molecule has 0 aliphatic carbocycles. The third kappa shape index (κ3) is 4.30. The summed E-state index contributed by atoms with van der Waals surface area (Å²) in [6.45, 7) is 4.73. The number of carbonyl (C=O) groups excluding carboxylic acids is 1. The Morgan fingerprint density at radius 1 is 1.22 bits per heavy atom. The summed E-state index contributed by atoms with van der Waals surface area (Å²) in [7, 11) is 1.86. The Balaban J connectivity index is 1.47. The molecular formula is C24H29N9O3. The Kier molecular flexibility index (Phi) is 6.17. The number of anilines is 1. The van der Waals surface area contributed by atoms with Crippen LogP contribution in [0.25, 0.3) is 11.0 Å². The van der Waals surface area contributed by atoms with E-state index in [-0.39, 0.29) is 25.0 Å². The number of aryl methyl sites for hydroxylation is 4. The molecule has 4 aromatic rings. The number of nitrogens with zero attached hydrogens (tertiary/aromatic N) is 8. The molecule has 2 N–H and O–H groups in total. The van der Waals surface area contributed by atoms with Gasteiger partial charge in [0.2, 0.25) is 5.91 Å². The molecule has 0 spiro atoms. The molecule has 36 heavy (non-hydrogen) atoms. The van der Waals surface area contributed by atoms with E-state index in [1.54, 1.807) is 6.20 Å². The third-order valence-corrected chi connectivity index (χ3v) is 6.85. The van der Waals surface area contributed by atoms with Gasteiger partial charge < -0.3 is 19.6 Å². The second-order valence-corrected chi connectivity index (χ2v) is 9.10. The maximum absolute atomic E-state index is 13.0. The van der Waals surface area contributed by atoms with Crippen molar-refractivity contribution < 1.29 is 14.7 Å². The first-order valence-electron chi connectivity index (χ1n) is 12.0. The van der Waals surface area contributed by atoms with E-state index in [0.717, 1.165) is 34.7 Å². The molecule has 12 heteroatoms. The number of fused-ring (bicyclic) bond motifs is 3. The van der Waals surface area contributed by atoms with Gasteiger partial charge in [0.25, 0.3) is 0 Å². The van der Waals surface area contributed by atoms with E-state index in [9.17, 15) is 14.7 Å². The molecule has 3 aromatic heterocycles. The van der Waals surface area contributed by atoms with Crippen molar-refractivity contribution in [1.29, 1.82) is 0 Å². The molecule has 0 radical (unpaired) electrons. The van der Waals surface area contributed by atoms with Crippen molar-refractivity contribution in [2.24, 2.45) is 7.05 Å². The lowest BCUT2D eigenvalue weighted by Gasteiger charge is -2.33. The van der Waals surface area contributed by atoms with E-state index in [0.29, 0.717) is 30.9 Å². The van der Waals surface area contributed by atoms with Gasteiger partial charge in [-0.05, 0) is 44.9 Å². The normalized spacial score (nSPS) is 15.3. The Bertz CT molecular complexity index is 1420. The molecule has 1 atom stereocenters. The fraction of sp³-hybridized carbons (Fsp3) is 0.417. The summed E-state index contributed by atoms with van der Waals surface area (Å²) in [4.78, 5) is 31.3. The van der Waals surface area contributed by atoms with E-state index in [2.05, 4.69) is 20.6 Å². The van der Waals surface area contributed by atoms with Crippen LogP contribution in [0.2, 0.25) is 0 Å². The van der Waals surface area contributed by atoms with Crippen LogP contribution in [0.1, 0.15) is 36.4 Å². The molecule has 5 rings (SSSR count). The second-order valence-electron chi connectivity index (χ2n) is 9.10. The van der Waals surface area contributed by atoms with Crippen molar-refractivity contribution in [2.75, 3.05) is 4.90 Å². The smallest absolute Gasteiger partial charge is 0.412 e. The summed E-state index contributed by atoms with van der Waals surface area (Å²) >= 11 is 0. The fourth-order valence-electron chi connectivity index (χ4n) is 4.76. The number of carboxylic acid groups (broad SMARTS) is 1. The zero-order chi connectivity index (χ0) is 25.4. The van der Waals surface area contributed by atoms with Gasteiger partial charge in [-0.1, -0.05) is 0 Å². The molecule has 0 fully saturated rings. The Morgan fingerprint density at radius 3 is 2.75 bits per heavy atom. The van der Waals surface area contributed by atoms with Gasteiger partial charge >= 0.3 is 6.09 Å². The summed E-state index contributed by atoms with van der Waals surface area (Å²) in [6.07, 6.45) is 4.65. The lowest BCUT2D eigenvalue weighted by atomic mass is 9.96. The molecule has 0 saturated carbocycles. The molecule has 1 aliphatic rings. The highest BCUT2D eigenvalue weighted by Gasteiger charge is 2.30. The van der Waals surface area contributed by atoms with Crippen molar-refractivity contribution in [1.82, 2.24) is 39.4 Å². The van der Waals surface area contributed by atoms with Crippen LogP contribution < -0.4 is 10.2 Å².